The third-order valence-electron chi connectivity index (χ3n) is 4.12. The maximum atomic E-state index is 6.21. The lowest BCUT2D eigenvalue weighted by Crippen LogP contribution is -1.99. The van der Waals surface area contributed by atoms with E-state index in [0.717, 1.165) is 28.1 Å². The molecule has 0 aliphatic heterocycles. The summed E-state index contributed by atoms with van der Waals surface area (Å²) in [5, 5.41) is 9.27. The molecule has 6 nitrogen and oxygen atoms in total. The van der Waals surface area contributed by atoms with Gasteiger partial charge in [-0.05, 0) is 48.9 Å². The number of nitrogens with zero attached hydrogens (tertiary/aromatic N) is 4. The predicted octanol–water partition coefficient (Wildman–Crippen LogP) is 4.53. The Hall–Kier alpha value is -3.12. The van der Waals surface area contributed by atoms with Gasteiger partial charge in [-0.3, -0.25) is 0 Å². The molecule has 0 unspecified atom stereocenters. The van der Waals surface area contributed by atoms with Crippen molar-refractivity contribution in [3.8, 4) is 11.4 Å². The van der Waals surface area contributed by atoms with Crippen LogP contribution in [-0.2, 0) is 0 Å². The van der Waals surface area contributed by atoms with Crippen LogP contribution in [-0.4, -0.2) is 26.9 Å². The van der Waals surface area contributed by atoms with E-state index in [1.807, 2.05) is 49.4 Å². The molecular weight excluding hydrogens is 350 g/mol. The van der Waals surface area contributed by atoms with E-state index in [1.165, 1.54) is 6.33 Å². The second-order valence-corrected chi connectivity index (χ2v) is 6.21. The summed E-state index contributed by atoms with van der Waals surface area (Å²) in [4.78, 5) is 8.74. The van der Waals surface area contributed by atoms with Crippen LogP contribution in [0.5, 0.6) is 5.75 Å². The number of hydrogen-bond acceptors (Lipinski definition) is 5. The molecule has 4 rings (SSSR count). The predicted molar refractivity (Wildman–Crippen MR) is 103 cm³/mol. The van der Waals surface area contributed by atoms with E-state index in [9.17, 15) is 0 Å². The number of fused-ring (bicyclic) bond motifs is 1. The number of rotatable bonds is 4. The summed E-state index contributed by atoms with van der Waals surface area (Å²) in [5.41, 5.74) is 3.49. The summed E-state index contributed by atoms with van der Waals surface area (Å²) < 4.78 is 6.97. The van der Waals surface area contributed by atoms with Gasteiger partial charge in [0, 0.05) is 10.7 Å². The number of aryl methyl sites for hydroxylation is 1. The molecule has 4 aromatic rings. The first-order valence-electron chi connectivity index (χ1n) is 8.02. The molecule has 2 aromatic carbocycles. The molecule has 26 heavy (non-hydrogen) atoms. The quantitative estimate of drug-likeness (QED) is 0.575. The Bertz CT molecular complexity index is 1080. The lowest BCUT2D eigenvalue weighted by atomic mass is 10.2. The first-order valence-corrected chi connectivity index (χ1v) is 8.40. The van der Waals surface area contributed by atoms with Crippen LogP contribution < -0.4 is 10.1 Å². The highest BCUT2D eigenvalue weighted by Gasteiger charge is 2.12. The smallest absolute Gasteiger partial charge is 0.168 e. The number of benzene rings is 2. The topological polar surface area (TPSA) is 64.9 Å². The first-order chi connectivity index (χ1) is 12.7. The Morgan fingerprint density at radius 3 is 2.62 bits per heavy atom. The fourth-order valence-corrected chi connectivity index (χ4v) is 2.84. The van der Waals surface area contributed by atoms with Gasteiger partial charge in [0.05, 0.1) is 24.4 Å². The molecule has 0 bridgehead atoms. The van der Waals surface area contributed by atoms with Crippen molar-refractivity contribution in [2.24, 2.45) is 0 Å². The number of anilines is 2. The molecule has 0 spiro atoms. The van der Waals surface area contributed by atoms with Crippen molar-refractivity contribution in [2.75, 3.05) is 12.4 Å². The SMILES string of the molecule is COc1ccc(-n2ncc3c(Nc4ccc(C)c(Cl)c4)ncnc32)cc1. The fourth-order valence-electron chi connectivity index (χ4n) is 2.66. The summed E-state index contributed by atoms with van der Waals surface area (Å²) in [7, 11) is 1.64. The second-order valence-electron chi connectivity index (χ2n) is 5.80. The van der Waals surface area contributed by atoms with Crippen LogP contribution in [0, 0.1) is 6.92 Å². The van der Waals surface area contributed by atoms with Gasteiger partial charge in [0.2, 0.25) is 0 Å². The van der Waals surface area contributed by atoms with E-state index in [4.69, 9.17) is 16.3 Å². The van der Waals surface area contributed by atoms with Crippen LogP contribution in [0.3, 0.4) is 0 Å². The molecule has 0 aliphatic rings. The van der Waals surface area contributed by atoms with Crippen molar-refractivity contribution < 1.29 is 4.74 Å². The minimum Gasteiger partial charge on any atom is -0.497 e. The highest BCUT2D eigenvalue weighted by molar-refractivity contribution is 6.31. The van der Waals surface area contributed by atoms with Crippen LogP contribution in [0.2, 0.25) is 5.02 Å². The monoisotopic (exact) mass is 365 g/mol. The summed E-state index contributed by atoms with van der Waals surface area (Å²) in [6, 6.07) is 13.4. The molecule has 0 atom stereocenters. The van der Waals surface area contributed by atoms with Crippen molar-refractivity contribution in [1.82, 2.24) is 19.7 Å². The molecule has 0 aliphatic carbocycles. The summed E-state index contributed by atoms with van der Waals surface area (Å²) in [6.45, 7) is 1.97. The summed E-state index contributed by atoms with van der Waals surface area (Å²) in [6.07, 6.45) is 3.26. The number of halogens is 1. The van der Waals surface area contributed by atoms with Gasteiger partial charge in [-0.1, -0.05) is 17.7 Å². The van der Waals surface area contributed by atoms with E-state index < -0.39 is 0 Å². The third kappa shape index (κ3) is 2.95. The van der Waals surface area contributed by atoms with E-state index in [-0.39, 0.29) is 0 Å². The highest BCUT2D eigenvalue weighted by atomic mass is 35.5. The zero-order valence-corrected chi connectivity index (χ0v) is 15.0. The van der Waals surface area contributed by atoms with E-state index >= 15 is 0 Å². The molecule has 130 valence electrons. The van der Waals surface area contributed by atoms with Crippen molar-refractivity contribution in [3.05, 3.63) is 65.6 Å². The van der Waals surface area contributed by atoms with Gasteiger partial charge in [-0.15, -0.1) is 0 Å². The molecule has 0 radical (unpaired) electrons. The van der Waals surface area contributed by atoms with Gasteiger partial charge in [0.15, 0.2) is 5.65 Å². The molecule has 0 saturated carbocycles. The Morgan fingerprint density at radius 2 is 1.88 bits per heavy atom. The Morgan fingerprint density at radius 1 is 1.08 bits per heavy atom. The van der Waals surface area contributed by atoms with Crippen molar-refractivity contribution in [1.29, 1.82) is 0 Å². The lowest BCUT2D eigenvalue weighted by Gasteiger charge is -2.08. The normalized spacial score (nSPS) is 10.9. The first kappa shape index (κ1) is 16.4. The van der Waals surface area contributed by atoms with Crippen LogP contribution in [0.1, 0.15) is 5.56 Å². The average Bonchev–Trinajstić information content (AvgIpc) is 3.10. The van der Waals surface area contributed by atoms with E-state index in [1.54, 1.807) is 18.0 Å². The van der Waals surface area contributed by atoms with Crippen molar-refractivity contribution in [2.45, 2.75) is 6.92 Å². The van der Waals surface area contributed by atoms with Crippen molar-refractivity contribution >= 4 is 34.1 Å². The number of nitrogens with one attached hydrogen (secondary N) is 1. The standard InChI is InChI=1S/C19H16ClN5O/c1-12-3-4-13(9-17(12)20)24-18-16-10-23-25(19(16)22-11-21-18)14-5-7-15(26-2)8-6-14/h3-11H,1-2H3,(H,21,22,24). The largest absolute Gasteiger partial charge is 0.497 e. The van der Waals surface area contributed by atoms with Crippen LogP contribution in [0.4, 0.5) is 11.5 Å². The number of methoxy groups -OCH3 is 1. The Balaban J connectivity index is 1.73. The molecular formula is C19H16ClN5O. The molecule has 7 heteroatoms. The highest BCUT2D eigenvalue weighted by Crippen LogP contribution is 2.27. The molecule has 0 amide bonds. The molecule has 0 saturated heterocycles. The van der Waals surface area contributed by atoms with E-state index in [2.05, 4.69) is 20.4 Å². The van der Waals surface area contributed by atoms with Gasteiger partial charge in [0.1, 0.15) is 17.9 Å². The van der Waals surface area contributed by atoms with Gasteiger partial charge in [-0.2, -0.15) is 5.10 Å². The Labute approximate surface area is 155 Å². The average molecular weight is 366 g/mol. The Kier molecular flexibility index (Phi) is 4.18. The molecule has 0 fully saturated rings. The van der Waals surface area contributed by atoms with Crippen LogP contribution in [0.25, 0.3) is 16.7 Å². The third-order valence-corrected chi connectivity index (χ3v) is 4.52. The number of hydrogen-bond donors (Lipinski definition) is 1. The molecule has 1 N–H and O–H groups in total. The van der Waals surface area contributed by atoms with E-state index in [0.29, 0.717) is 16.5 Å². The molecule has 2 aromatic heterocycles. The minimum atomic E-state index is 0.676. The number of ether oxygens (including phenoxy) is 1. The zero-order chi connectivity index (χ0) is 18.1. The summed E-state index contributed by atoms with van der Waals surface area (Å²) >= 11 is 6.21. The van der Waals surface area contributed by atoms with Crippen LogP contribution in [0.15, 0.2) is 55.0 Å². The number of aromatic nitrogens is 4. The fraction of sp³-hybridized carbons (Fsp3) is 0.105. The molecule has 2 heterocycles. The minimum absolute atomic E-state index is 0.676. The van der Waals surface area contributed by atoms with Gasteiger partial charge in [-0.25, -0.2) is 14.6 Å². The lowest BCUT2D eigenvalue weighted by molar-refractivity contribution is 0.414. The second kappa shape index (κ2) is 6.65. The van der Waals surface area contributed by atoms with Gasteiger partial charge >= 0.3 is 0 Å². The maximum Gasteiger partial charge on any atom is 0.168 e. The van der Waals surface area contributed by atoms with Crippen molar-refractivity contribution in [3.63, 3.8) is 0 Å². The maximum absolute atomic E-state index is 6.21. The zero-order valence-electron chi connectivity index (χ0n) is 14.3. The van der Waals surface area contributed by atoms with Crippen LogP contribution >= 0.6 is 11.6 Å². The van der Waals surface area contributed by atoms with Gasteiger partial charge < -0.3 is 10.1 Å². The van der Waals surface area contributed by atoms with Gasteiger partial charge in [0.25, 0.3) is 0 Å². The summed E-state index contributed by atoms with van der Waals surface area (Å²) in [5.74, 6) is 1.47.